The number of hydrogen-bond donors (Lipinski definition) is 3. The number of rotatable bonds is 5. The summed E-state index contributed by atoms with van der Waals surface area (Å²) in [4.78, 5) is 32.8. The van der Waals surface area contributed by atoms with Gasteiger partial charge >= 0.3 is 12.1 Å². The molecule has 0 aliphatic rings. The van der Waals surface area contributed by atoms with Gasteiger partial charge in [0.25, 0.3) is 0 Å². The van der Waals surface area contributed by atoms with E-state index in [1.807, 2.05) is 5.43 Å². The lowest BCUT2D eigenvalue weighted by molar-refractivity contribution is -0.155. The Hall–Kier alpha value is -2.69. The Labute approximate surface area is 158 Å². The first-order valence-electron chi connectivity index (χ1n) is 8.25. The number of nitrogens with zero attached hydrogens (tertiary/aromatic N) is 2. The number of carbonyl (C=O) groups excluding carboxylic acids is 3. The minimum Gasteiger partial charge on any atom is -0.460 e. The molecule has 0 atom stereocenters. The normalized spacial score (nSPS) is 10.9. The highest BCUT2D eigenvalue weighted by atomic mass is 16.6. The van der Waals surface area contributed by atoms with Crippen molar-refractivity contribution in [1.82, 2.24) is 20.9 Å². The molecule has 11 heteroatoms. The van der Waals surface area contributed by atoms with Gasteiger partial charge in [0.1, 0.15) is 11.2 Å². The van der Waals surface area contributed by atoms with Crippen LogP contribution in [0.5, 0.6) is 0 Å². The van der Waals surface area contributed by atoms with Gasteiger partial charge in [-0.2, -0.15) is 0 Å². The molecule has 154 valence electrons. The molecule has 0 aliphatic carbocycles. The first-order valence-corrected chi connectivity index (χ1v) is 8.25. The highest BCUT2D eigenvalue weighted by molar-refractivity contribution is 5.80. The van der Waals surface area contributed by atoms with Gasteiger partial charge in [-0.1, -0.05) is 0 Å². The van der Waals surface area contributed by atoms with E-state index in [4.69, 9.17) is 19.7 Å². The summed E-state index contributed by atoms with van der Waals surface area (Å²) in [5.41, 5.74) is 0.932. The predicted molar refractivity (Wildman–Crippen MR) is 94.8 cm³/mol. The summed E-state index contributed by atoms with van der Waals surface area (Å²) in [5.74, 6) is 4.42. The number of amides is 2. The van der Waals surface area contributed by atoms with Crippen LogP contribution in [0.3, 0.4) is 0 Å². The molecule has 27 heavy (non-hydrogen) atoms. The van der Waals surface area contributed by atoms with E-state index in [-0.39, 0.29) is 25.3 Å². The minimum atomic E-state index is -0.504. The molecule has 2 amide bonds. The number of ether oxygens (including phenoxy) is 2. The van der Waals surface area contributed by atoms with Crippen molar-refractivity contribution in [3.63, 3.8) is 0 Å². The van der Waals surface area contributed by atoms with Gasteiger partial charge in [0.15, 0.2) is 0 Å². The maximum atomic E-state index is 11.1. The highest BCUT2D eigenvalue weighted by Gasteiger charge is 2.17. The molecule has 0 saturated carbocycles. The van der Waals surface area contributed by atoms with Crippen molar-refractivity contribution in [2.45, 2.75) is 72.1 Å². The second kappa shape index (κ2) is 11.1. The first-order chi connectivity index (χ1) is 12.3. The zero-order valence-corrected chi connectivity index (χ0v) is 16.6. The van der Waals surface area contributed by atoms with Crippen LogP contribution in [0.15, 0.2) is 10.8 Å². The molecule has 0 bridgehead atoms. The molecule has 1 rings (SSSR count). The Kier molecular flexibility index (Phi) is 10.0. The molecule has 0 aliphatic heterocycles. The molecule has 1 aromatic rings. The van der Waals surface area contributed by atoms with E-state index in [0.717, 1.165) is 0 Å². The van der Waals surface area contributed by atoms with Crippen molar-refractivity contribution in [3.8, 4) is 0 Å². The van der Waals surface area contributed by atoms with E-state index in [1.54, 1.807) is 41.5 Å². The lowest BCUT2D eigenvalue weighted by Crippen LogP contribution is -2.32. The van der Waals surface area contributed by atoms with Gasteiger partial charge < -0.3 is 19.2 Å². The van der Waals surface area contributed by atoms with Crippen LogP contribution in [-0.2, 0) is 25.6 Å². The monoisotopic (exact) mass is 387 g/mol. The average Bonchev–Trinajstić information content (AvgIpc) is 3.01. The largest absolute Gasteiger partial charge is 0.460 e. The number of nitrogens with one attached hydrogen (secondary N) is 2. The molecule has 1 aromatic heterocycles. The van der Waals surface area contributed by atoms with Crippen LogP contribution in [0.1, 0.15) is 60.3 Å². The van der Waals surface area contributed by atoms with Gasteiger partial charge in [0.2, 0.25) is 18.2 Å². The summed E-state index contributed by atoms with van der Waals surface area (Å²) in [6.07, 6.45) is 0.813. The van der Waals surface area contributed by atoms with E-state index in [0.29, 0.717) is 5.89 Å². The molecular formula is C16H29N5O6. The molecule has 1 heterocycles. The van der Waals surface area contributed by atoms with Crippen molar-refractivity contribution in [2.24, 2.45) is 5.84 Å². The fourth-order valence-electron chi connectivity index (χ4n) is 1.42. The zero-order valence-electron chi connectivity index (χ0n) is 16.6. The quantitative estimate of drug-likeness (QED) is 0.292. The number of nitrogens with two attached hydrogens (primary N) is 1. The fraction of sp³-hybridized carbons (Fsp3) is 0.688. The first kappa shape index (κ1) is 24.3. The van der Waals surface area contributed by atoms with Gasteiger partial charge in [0, 0.05) is 6.42 Å². The molecule has 0 unspecified atom stereocenters. The highest BCUT2D eigenvalue weighted by Crippen LogP contribution is 2.09. The fourth-order valence-corrected chi connectivity index (χ4v) is 1.42. The minimum absolute atomic E-state index is 0.0559. The second-order valence-corrected chi connectivity index (χ2v) is 7.34. The van der Waals surface area contributed by atoms with Gasteiger partial charge in [-0.25, -0.2) is 10.6 Å². The van der Waals surface area contributed by atoms with E-state index in [9.17, 15) is 14.4 Å². The SMILES string of the molecule is CC(C)(C)OC(=O)CCC(=O)NN.CC(C)(C)OC(=O)NCc1nnco1. The molecule has 0 radical (unpaired) electrons. The Bertz CT molecular complexity index is 589. The Morgan fingerprint density at radius 3 is 2.11 bits per heavy atom. The van der Waals surface area contributed by atoms with Crippen molar-refractivity contribution < 1.29 is 28.3 Å². The van der Waals surface area contributed by atoms with E-state index in [1.165, 1.54) is 6.39 Å². The summed E-state index contributed by atoms with van der Waals surface area (Å²) in [7, 11) is 0. The molecule has 0 fully saturated rings. The summed E-state index contributed by atoms with van der Waals surface area (Å²) >= 11 is 0. The number of aromatic nitrogens is 2. The van der Waals surface area contributed by atoms with Crippen LogP contribution < -0.4 is 16.6 Å². The lowest BCUT2D eigenvalue weighted by Gasteiger charge is -2.19. The third-order valence-electron chi connectivity index (χ3n) is 2.33. The van der Waals surface area contributed by atoms with Gasteiger partial charge in [-0.15, -0.1) is 10.2 Å². The van der Waals surface area contributed by atoms with Crippen molar-refractivity contribution in [1.29, 1.82) is 0 Å². The number of hydrazine groups is 1. The second-order valence-electron chi connectivity index (χ2n) is 7.34. The van der Waals surface area contributed by atoms with Gasteiger partial charge in [0.05, 0.1) is 13.0 Å². The molecule has 0 spiro atoms. The van der Waals surface area contributed by atoms with Crippen LogP contribution in [0, 0.1) is 0 Å². The summed E-state index contributed by atoms with van der Waals surface area (Å²) in [5, 5.41) is 9.55. The van der Waals surface area contributed by atoms with Gasteiger partial charge in [-0.3, -0.25) is 15.0 Å². The Morgan fingerprint density at radius 1 is 1.07 bits per heavy atom. The van der Waals surface area contributed by atoms with Gasteiger partial charge in [-0.05, 0) is 41.5 Å². The number of hydrogen-bond acceptors (Lipinski definition) is 9. The molecule has 11 nitrogen and oxygen atoms in total. The topological polar surface area (TPSA) is 159 Å². The average molecular weight is 387 g/mol. The summed E-state index contributed by atoms with van der Waals surface area (Å²) in [6.45, 7) is 10.9. The van der Waals surface area contributed by atoms with E-state index in [2.05, 4.69) is 15.5 Å². The van der Waals surface area contributed by atoms with Crippen LogP contribution >= 0.6 is 0 Å². The number of alkyl carbamates (subject to hydrolysis) is 1. The maximum absolute atomic E-state index is 11.1. The Balaban J connectivity index is 0.000000503. The predicted octanol–water partition coefficient (Wildman–Crippen LogP) is 1.19. The van der Waals surface area contributed by atoms with E-state index < -0.39 is 23.3 Å². The van der Waals surface area contributed by atoms with Crippen LogP contribution in [0.4, 0.5) is 4.79 Å². The van der Waals surface area contributed by atoms with Crippen molar-refractivity contribution in [3.05, 3.63) is 12.3 Å². The van der Waals surface area contributed by atoms with Crippen LogP contribution in [0.2, 0.25) is 0 Å². The Morgan fingerprint density at radius 2 is 1.67 bits per heavy atom. The smallest absolute Gasteiger partial charge is 0.408 e. The molecule has 0 saturated heterocycles. The summed E-state index contributed by atoms with van der Waals surface area (Å²) < 4.78 is 14.8. The standard InChI is InChI=1S/C8H13N3O3.C8H16N2O3/c1-8(2,3)14-7(12)9-4-6-11-10-5-13-6;1-8(2,3)13-7(12)5-4-6(11)10-9/h5H,4H2,1-3H3,(H,9,12);4-5,9H2,1-3H3,(H,10,11). The maximum Gasteiger partial charge on any atom is 0.408 e. The molecule has 0 aromatic carbocycles. The number of carbonyl (C=O) groups is 3. The molecule has 4 N–H and O–H groups in total. The molecular weight excluding hydrogens is 358 g/mol. The lowest BCUT2D eigenvalue weighted by atomic mass is 10.2. The third kappa shape index (κ3) is 15.3. The van der Waals surface area contributed by atoms with E-state index >= 15 is 0 Å². The summed E-state index contributed by atoms with van der Waals surface area (Å²) in [6, 6.07) is 0. The third-order valence-corrected chi connectivity index (χ3v) is 2.33. The van der Waals surface area contributed by atoms with Crippen molar-refractivity contribution >= 4 is 18.0 Å². The van der Waals surface area contributed by atoms with Crippen molar-refractivity contribution in [2.75, 3.05) is 0 Å². The van der Waals surface area contributed by atoms with Crippen LogP contribution in [0.25, 0.3) is 0 Å². The number of esters is 1. The zero-order chi connectivity index (χ0) is 21.1. The van der Waals surface area contributed by atoms with Crippen LogP contribution in [-0.4, -0.2) is 39.4 Å².